The van der Waals surface area contributed by atoms with E-state index in [2.05, 4.69) is 10.2 Å². The molecule has 1 aromatic carbocycles. The van der Waals surface area contributed by atoms with Crippen molar-refractivity contribution in [3.8, 4) is 16.9 Å². The SMILES string of the molecule is Cn1ccc(-n2nc(C(F)(F)F)c(-c3cc(Cl)cc(C(=O)C4CC4)c3)c2N)n1. The molecule has 146 valence electrons. The summed E-state index contributed by atoms with van der Waals surface area (Å²) in [6.45, 7) is 0. The largest absolute Gasteiger partial charge is 0.435 e. The van der Waals surface area contributed by atoms with Crippen molar-refractivity contribution in [2.24, 2.45) is 13.0 Å². The number of benzene rings is 1. The minimum absolute atomic E-state index is 0.0866. The monoisotopic (exact) mass is 409 g/mol. The minimum atomic E-state index is -4.76. The Morgan fingerprint density at radius 1 is 1.25 bits per heavy atom. The molecule has 10 heteroatoms. The molecule has 2 heterocycles. The number of nitrogens with zero attached hydrogens (tertiary/aromatic N) is 4. The molecule has 0 bridgehead atoms. The Morgan fingerprint density at radius 2 is 1.96 bits per heavy atom. The quantitative estimate of drug-likeness (QED) is 0.657. The van der Waals surface area contributed by atoms with Gasteiger partial charge in [-0.15, -0.1) is 0 Å². The standard InChI is InChI=1S/C18H15ClF3N5O/c1-26-5-4-13(24-26)27-17(23)14(16(25-27)18(20,21)22)10-6-11(8-12(19)7-10)15(28)9-2-3-9/h4-9H,2-3,23H2,1H3. The molecule has 0 radical (unpaired) electrons. The molecule has 0 amide bonds. The zero-order chi connectivity index (χ0) is 20.2. The van der Waals surface area contributed by atoms with Gasteiger partial charge in [-0.05, 0) is 36.6 Å². The number of anilines is 1. The average molecular weight is 410 g/mol. The lowest BCUT2D eigenvalue weighted by molar-refractivity contribution is -0.140. The summed E-state index contributed by atoms with van der Waals surface area (Å²) in [5.74, 6) is -0.318. The van der Waals surface area contributed by atoms with Crippen LogP contribution in [0.15, 0.2) is 30.5 Å². The van der Waals surface area contributed by atoms with Gasteiger partial charge in [0.1, 0.15) is 5.82 Å². The molecule has 2 aromatic heterocycles. The van der Waals surface area contributed by atoms with Gasteiger partial charge in [0.2, 0.25) is 0 Å². The number of Topliss-reactive ketones (excluding diaryl/α,β-unsaturated/α-hetero) is 1. The smallest absolute Gasteiger partial charge is 0.383 e. The predicted octanol–water partition coefficient (Wildman–Crippen LogP) is 4.12. The van der Waals surface area contributed by atoms with Crippen molar-refractivity contribution >= 4 is 23.2 Å². The number of hydrogen-bond donors (Lipinski definition) is 1. The number of halogens is 4. The molecule has 28 heavy (non-hydrogen) atoms. The van der Waals surface area contributed by atoms with Crippen LogP contribution in [0.2, 0.25) is 5.02 Å². The summed E-state index contributed by atoms with van der Waals surface area (Å²) >= 11 is 6.10. The van der Waals surface area contributed by atoms with Crippen LogP contribution in [0.1, 0.15) is 28.9 Å². The maximum Gasteiger partial charge on any atom is 0.435 e. The predicted molar refractivity (Wildman–Crippen MR) is 97.2 cm³/mol. The van der Waals surface area contributed by atoms with Crippen LogP contribution in [0.5, 0.6) is 0 Å². The molecule has 1 aliphatic carbocycles. The third-order valence-corrected chi connectivity index (χ3v) is 4.74. The Labute approximate surface area is 162 Å². The number of alkyl halides is 3. The van der Waals surface area contributed by atoms with Gasteiger partial charge in [0.15, 0.2) is 17.3 Å². The topological polar surface area (TPSA) is 78.7 Å². The zero-order valence-electron chi connectivity index (χ0n) is 14.7. The van der Waals surface area contributed by atoms with Crippen molar-refractivity contribution in [3.05, 3.63) is 46.7 Å². The molecule has 2 N–H and O–H groups in total. The highest BCUT2D eigenvalue weighted by atomic mass is 35.5. The number of ketones is 1. The lowest BCUT2D eigenvalue weighted by Crippen LogP contribution is -2.09. The van der Waals surface area contributed by atoms with E-state index in [4.69, 9.17) is 17.3 Å². The van der Waals surface area contributed by atoms with Gasteiger partial charge in [-0.3, -0.25) is 9.48 Å². The maximum absolute atomic E-state index is 13.7. The van der Waals surface area contributed by atoms with Gasteiger partial charge >= 0.3 is 6.18 Å². The van der Waals surface area contributed by atoms with E-state index in [1.165, 1.54) is 28.9 Å². The molecule has 6 nitrogen and oxygen atoms in total. The highest BCUT2D eigenvalue weighted by molar-refractivity contribution is 6.31. The normalized spacial score (nSPS) is 14.5. The Bertz CT molecular complexity index is 1080. The molecule has 4 rings (SSSR count). The molecule has 1 saturated carbocycles. The summed E-state index contributed by atoms with van der Waals surface area (Å²) < 4.78 is 43.4. The Balaban J connectivity index is 1.91. The zero-order valence-corrected chi connectivity index (χ0v) is 15.4. The maximum atomic E-state index is 13.7. The summed E-state index contributed by atoms with van der Waals surface area (Å²) in [6, 6.07) is 5.68. The summed E-state index contributed by atoms with van der Waals surface area (Å²) in [5.41, 5.74) is 4.91. The Morgan fingerprint density at radius 3 is 2.54 bits per heavy atom. The van der Waals surface area contributed by atoms with Crippen LogP contribution >= 0.6 is 11.6 Å². The number of carbonyl (C=O) groups excluding carboxylic acids is 1. The summed E-state index contributed by atoms with van der Waals surface area (Å²) in [4.78, 5) is 12.4. The van der Waals surface area contributed by atoms with Crippen LogP contribution in [-0.2, 0) is 13.2 Å². The first kappa shape index (κ1) is 18.5. The molecule has 3 aromatic rings. The second-order valence-corrected chi connectivity index (χ2v) is 7.17. The number of rotatable bonds is 4. The number of nitrogen functional groups attached to an aromatic ring is 1. The van der Waals surface area contributed by atoms with Crippen molar-refractivity contribution in [2.75, 3.05) is 5.73 Å². The molecule has 0 unspecified atom stereocenters. The van der Waals surface area contributed by atoms with E-state index in [0.29, 0.717) is 0 Å². The first-order chi connectivity index (χ1) is 13.1. The fourth-order valence-electron chi connectivity index (χ4n) is 3.06. The second kappa shape index (κ2) is 6.37. The minimum Gasteiger partial charge on any atom is -0.383 e. The van der Waals surface area contributed by atoms with Gasteiger partial charge in [-0.2, -0.15) is 28.1 Å². The molecule has 1 fully saturated rings. The van der Waals surface area contributed by atoms with Gasteiger partial charge in [-0.1, -0.05) is 11.6 Å². The summed E-state index contributed by atoms with van der Waals surface area (Å²) in [7, 11) is 1.63. The third kappa shape index (κ3) is 3.26. The van der Waals surface area contributed by atoms with Crippen molar-refractivity contribution in [2.45, 2.75) is 19.0 Å². The van der Waals surface area contributed by atoms with Crippen LogP contribution < -0.4 is 5.73 Å². The van der Waals surface area contributed by atoms with E-state index < -0.39 is 11.9 Å². The van der Waals surface area contributed by atoms with Gasteiger partial charge in [0, 0.05) is 35.8 Å². The molecular weight excluding hydrogens is 395 g/mol. The van der Waals surface area contributed by atoms with E-state index in [1.807, 2.05) is 0 Å². The second-order valence-electron chi connectivity index (χ2n) is 6.73. The number of hydrogen-bond acceptors (Lipinski definition) is 4. The highest BCUT2D eigenvalue weighted by Gasteiger charge is 2.40. The van der Waals surface area contributed by atoms with E-state index >= 15 is 0 Å². The van der Waals surface area contributed by atoms with Crippen molar-refractivity contribution in [3.63, 3.8) is 0 Å². The van der Waals surface area contributed by atoms with Crippen molar-refractivity contribution < 1.29 is 18.0 Å². The van der Waals surface area contributed by atoms with Crippen LogP contribution in [0, 0.1) is 5.92 Å². The highest BCUT2D eigenvalue weighted by Crippen LogP contribution is 2.42. The summed E-state index contributed by atoms with van der Waals surface area (Å²) in [5, 5.41) is 7.86. The van der Waals surface area contributed by atoms with Gasteiger partial charge < -0.3 is 5.73 Å². The molecule has 1 aliphatic rings. The molecule has 0 spiro atoms. The third-order valence-electron chi connectivity index (χ3n) is 4.53. The van der Waals surface area contributed by atoms with Crippen molar-refractivity contribution in [1.29, 1.82) is 0 Å². The Kier molecular flexibility index (Phi) is 4.22. The lowest BCUT2D eigenvalue weighted by Gasteiger charge is -2.09. The van der Waals surface area contributed by atoms with Gasteiger partial charge in [0.05, 0.1) is 5.56 Å². The van der Waals surface area contributed by atoms with E-state index in [-0.39, 0.29) is 45.0 Å². The number of carbonyl (C=O) groups is 1. The van der Waals surface area contributed by atoms with E-state index in [9.17, 15) is 18.0 Å². The van der Waals surface area contributed by atoms with Gasteiger partial charge in [0.25, 0.3) is 0 Å². The molecular formula is C18H15ClF3N5O. The molecule has 0 saturated heterocycles. The van der Waals surface area contributed by atoms with E-state index in [1.54, 1.807) is 13.2 Å². The Hall–Kier alpha value is -2.81. The molecule has 0 aliphatic heterocycles. The molecule has 0 atom stereocenters. The fraction of sp³-hybridized carbons (Fsp3) is 0.278. The van der Waals surface area contributed by atoms with E-state index in [0.717, 1.165) is 17.5 Å². The van der Waals surface area contributed by atoms with Crippen LogP contribution in [0.4, 0.5) is 19.0 Å². The average Bonchev–Trinajstić information content (AvgIpc) is 3.27. The fourth-order valence-corrected chi connectivity index (χ4v) is 3.30. The first-order valence-corrected chi connectivity index (χ1v) is 8.84. The van der Waals surface area contributed by atoms with Crippen LogP contribution in [-0.4, -0.2) is 25.3 Å². The lowest BCUT2D eigenvalue weighted by atomic mass is 9.99. The summed E-state index contributed by atoms with van der Waals surface area (Å²) in [6.07, 6.45) is -1.65. The van der Waals surface area contributed by atoms with Crippen molar-refractivity contribution in [1.82, 2.24) is 19.6 Å². The number of aromatic nitrogens is 4. The van der Waals surface area contributed by atoms with Crippen LogP contribution in [0.25, 0.3) is 16.9 Å². The number of aryl methyl sites for hydroxylation is 1. The van der Waals surface area contributed by atoms with Crippen LogP contribution in [0.3, 0.4) is 0 Å². The first-order valence-electron chi connectivity index (χ1n) is 8.46. The van der Waals surface area contributed by atoms with Gasteiger partial charge in [-0.25, -0.2) is 0 Å². The number of nitrogens with two attached hydrogens (primary N) is 1.